The molecule has 0 aromatic heterocycles. The van der Waals surface area contributed by atoms with Gasteiger partial charge in [0.2, 0.25) is 0 Å². The summed E-state index contributed by atoms with van der Waals surface area (Å²) < 4.78 is 13.8. The first-order valence-corrected chi connectivity index (χ1v) is 7.92. The minimum Gasteiger partial charge on any atom is -0.388 e. The first-order chi connectivity index (χ1) is 9.30. The van der Waals surface area contributed by atoms with Crippen molar-refractivity contribution in [1.29, 1.82) is 0 Å². The Balaban J connectivity index is 2.27. The predicted molar refractivity (Wildman–Crippen MR) is 82.8 cm³/mol. The van der Waals surface area contributed by atoms with Crippen molar-refractivity contribution >= 4 is 15.9 Å². The van der Waals surface area contributed by atoms with E-state index in [9.17, 15) is 9.50 Å². The van der Waals surface area contributed by atoms with E-state index in [0.29, 0.717) is 16.4 Å². The molecule has 1 fully saturated rings. The van der Waals surface area contributed by atoms with E-state index in [4.69, 9.17) is 5.73 Å². The summed E-state index contributed by atoms with van der Waals surface area (Å²) in [6, 6.07) is 4.44. The van der Waals surface area contributed by atoms with Crippen LogP contribution in [0.5, 0.6) is 0 Å². The molecular weight excluding hydrogens is 321 g/mol. The van der Waals surface area contributed by atoms with Crippen LogP contribution in [0, 0.1) is 16.6 Å². The van der Waals surface area contributed by atoms with Crippen LogP contribution in [-0.4, -0.2) is 11.7 Å². The van der Waals surface area contributed by atoms with Crippen LogP contribution >= 0.6 is 15.9 Å². The highest BCUT2D eigenvalue weighted by molar-refractivity contribution is 9.10. The first-order valence-electron chi connectivity index (χ1n) is 7.13. The number of benzene rings is 1. The summed E-state index contributed by atoms with van der Waals surface area (Å²) in [7, 11) is 0. The Morgan fingerprint density at radius 3 is 2.40 bits per heavy atom. The van der Waals surface area contributed by atoms with Gasteiger partial charge in [0.15, 0.2) is 0 Å². The molecule has 112 valence electrons. The summed E-state index contributed by atoms with van der Waals surface area (Å²) in [5, 5.41) is 10.8. The smallest absolute Gasteiger partial charge is 0.124 e. The van der Waals surface area contributed by atoms with E-state index in [-0.39, 0.29) is 11.2 Å². The van der Waals surface area contributed by atoms with Crippen molar-refractivity contribution in [3.8, 4) is 0 Å². The van der Waals surface area contributed by atoms with Gasteiger partial charge in [-0.2, -0.15) is 0 Å². The lowest BCUT2D eigenvalue weighted by Crippen LogP contribution is -2.42. The van der Waals surface area contributed by atoms with Gasteiger partial charge < -0.3 is 10.8 Å². The number of halogens is 2. The van der Waals surface area contributed by atoms with E-state index in [1.165, 1.54) is 12.1 Å². The fraction of sp³-hybridized carbons (Fsp3) is 0.625. The fourth-order valence-electron chi connectivity index (χ4n) is 3.07. The summed E-state index contributed by atoms with van der Waals surface area (Å²) in [5.41, 5.74) is 6.75. The molecule has 1 aromatic carbocycles. The molecule has 0 aliphatic heterocycles. The van der Waals surface area contributed by atoms with Crippen molar-refractivity contribution < 1.29 is 9.50 Å². The molecule has 2 nitrogen and oxygen atoms in total. The maximum atomic E-state index is 13.2. The molecule has 1 aliphatic carbocycles. The fourth-order valence-corrected chi connectivity index (χ4v) is 3.63. The molecule has 4 heteroatoms. The van der Waals surface area contributed by atoms with E-state index in [1.807, 2.05) is 0 Å². The van der Waals surface area contributed by atoms with Gasteiger partial charge in [0.25, 0.3) is 0 Å². The van der Waals surface area contributed by atoms with Crippen molar-refractivity contribution in [2.75, 3.05) is 6.54 Å². The molecule has 1 saturated carbocycles. The van der Waals surface area contributed by atoms with Gasteiger partial charge in [-0.05, 0) is 48.8 Å². The zero-order chi connectivity index (χ0) is 15.0. The molecule has 0 radical (unpaired) electrons. The van der Waals surface area contributed by atoms with E-state index in [1.54, 1.807) is 6.07 Å². The third-order valence-corrected chi connectivity index (χ3v) is 5.53. The largest absolute Gasteiger partial charge is 0.388 e. The number of rotatable bonds is 3. The van der Waals surface area contributed by atoms with Crippen LogP contribution < -0.4 is 5.73 Å². The van der Waals surface area contributed by atoms with Crippen LogP contribution in [0.4, 0.5) is 4.39 Å². The van der Waals surface area contributed by atoms with Crippen LogP contribution in [0.3, 0.4) is 0 Å². The average molecular weight is 344 g/mol. The van der Waals surface area contributed by atoms with Crippen molar-refractivity contribution in [3.63, 3.8) is 0 Å². The molecule has 1 unspecified atom stereocenters. The summed E-state index contributed by atoms with van der Waals surface area (Å²) in [6.45, 7) is 4.97. The Morgan fingerprint density at radius 1 is 1.30 bits per heavy atom. The highest BCUT2D eigenvalue weighted by Gasteiger charge is 2.43. The highest BCUT2D eigenvalue weighted by Crippen LogP contribution is 2.51. The van der Waals surface area contributed by atoms with Gasteiger partial charge in [-0.15, -0.1) is 0 Å². The molecule has 0 bridgehead atoms. The maximum Gasteiger partial charge on any atom is 0.124 e. The lowest BCUT2D eigenvalue weighted by Gasteiger charge is -2.46. The molecule has 3 N–H and O–H groups in total. The second kappa shape index (κ2) is 5.74. The van der Waals surface area contributed by atoms with Gasteiger partial charge >= 0.3 is 0 Å². The normalized spacial score (nSPS) is 22.5. The Kier molecular flexibility index (Phi) is 4.57. The van der Waals surface area contributed by atoms with Crippen LogP contribution in [-0.2, 0) is 0 Å². The molecule has 20 heavy (non-hydrogen) atoms. The monoisotopic (exact) mass is 343 g/mol. The van der Waals surface area contributed by atoms with Gasteiger partial charge in [0.05, 0.1) is 6.10 Å². The van der Waals surface area contributed by atoms with E-state index < -0.39 is 6.10 Å². The highest BCUT2D eigenvalue weighted by atomic mass is 79.9. The number of aliphatic hydroxyl groups excluding tert-OH is 1. The van der Waals surface area contributed by atoms with Crippen LogP contribution in [0.2, 0.25) is 0 Å². The van der Waals surface area contributed by atoms with Crippen molar-refractivity contribution in [3.05, 3.63) is 34.1 Å². The van der Waals surface area contributed by atoms with Crippen LogP contribution in [0.1, 0.15) is 51.2 Å². The average Bonchev–Trinajstić information content (AvgIpc) is 2.39. The third-order valence-electron chi connectivity index (χ3n) is 4.84. The number of aliphatic hydroxyl groups is 1. The molecule has 0 heterocycles. The number of hydrogen-bond donors (Lipinski definition) is 2. The maximum absolute atomic E-state index is 13.2. The molecule has 0 saturated heterocycles. The van der Waals surface area contributed by atoms with Gasteiger partial charge in [0, 0.05) is 16.4 Å². The van der Waals surface area contributed by atoms with Crippen molar-refractivity contribution in [2.45, 2.75) is 45.6 Å². The summed E-state index contributed by atoms with van der Waals surface area (Å²) in [4.78, 5) is 0. The van der Waals surface area contributed by atoms with E-state index in [0.717, 1.165) is 31.2 Å². The topological polar surface area (TPSA) is 46.2 Å². The molecular formula is C16H23BrFNO. The molecule has 1 aromatic rings. The number of nitrogens with two attached hydrogens (primary N) is 1. The Hall–Kier alpha value is -0.450. The van der Waals surface area contributed by atoms with E-state index in [2.05, 4.69) is 29.8 Å². The molecule has 0 spiro atoms. The van der Waals surface area contributed by atoms with Gasteiger partial charge in [-0.1, -0.05) is 35.8 Å². The second-order valence-electron chi connectivity index (χ2n) is 6.80. The van der Waals surface area contributed by atoms with E-state index >= 15 is 0 Å². The minimum atomic E-state index is -0.654. The zero-order valence-electron chi connectivity index (χ0n) is 12.1. The minimum absolute atomic E-state index is 0.296. The molecule has 2 rings (SSSR count). The molecule has 1 atom stereocenters. The Labute approximate surface area is 128 Å². The van der Waals surface area contributed by atoms with Gasteiger partial charge in [-0.25, -0.2) is 4.39 Å². The second-order valence-corrected chi connectivity index (χ2v) is 7.65. The molecule has 0 amide bonds. The summed E-state index contributed by atoms with van der Waals surface area (Å²) in [5.74, 6) is -0.306. The predicted octanol–water partition coefficient (Wildman–Crippen LogP) is 4.17. The molecule has 1 aliphatic rings. The van der Waals surface area contributed by atoms with Crippen molar-refractivity contribution in [1.82, 2.24) is 0 Å². The lowest BCUT2D eigenvalue weighted by molar-refractivity contribution is -0.0239. The lowest BCUT2D eigenvalue weighted by atomic mass is 9.62. The van der Waals surface area contributed by atoms with Crippen molar-refractivity contribution in [2.24, 2.45) is 16.6 Å². The Morgan fingerprint density at radius 2 is 1.90 bits per heavy atom. The first kappa shape index (κ1) is 15.9. The zero-order valence-corrected chi connectivity index (χ0v) is 13.7. The number of hydrogen-bond acceptors (Lipinski definition) is 2. The van der Waals surface area contributed by atoms with Gasteiger partial charge in [-0.3, -0.25) is 0 Å². The van der Waals surface area contributed by atoms with Gasteiger partial charge in [0.1, 0.15) is 5.82 Å². The Bertz CT molecular complexity index is 479. The summed E-state index contributed by atoms with van der Waals surface area (Å²) >= 11 is 3.35. The quantitative estimate of drug-likeness (QED) is 0.865. The standard InChI is InChI=1S/C16H23BrFNO/c1-15(2)5-7-16(10-19,8-6-15)14(20)12-4-3-11(18)9-13(12)17/h3-4,9,14,20H,5-8,10,19H2,1-2H3. The SMILES string of the molecule is CC1(C)CCC(CN)(C(O)c2ccc(F)cc2Br)CC1. The van der Waals surface area contributed by atoms with Crippen LogP contribution in [0.15, 0.2) is 22.7 Å². The summed E-state index contributed by atoms with van der Waals surface area (Å²) in [6.07, 6.45) is 3.27. The van der Waals surface area contributed by atoms with Crippen LogP contribution in [0.25, 0.3) is 0 Å². The third kappa shape index (κ3) is 3.07.